The summed E-state index contributed by atoms with van der Waals surface area (Å²) < 4.78 is 43.1. The highest BCUT2D eigenvalue weighted by Gasteiger charge is 2.66. The maximum Gasteiger partial charge on any atom is 0.413 e. The van der Waals surface area contributed by atoms with Gasteiger partial charge in [-0.2, -0.15) is 23.7 Å². The monoisotopic (exact) mass is 635 g/mol. The van der Waals surface area contributed by atoms with Crippen LogP contribution in [0, 0.1) is 35.0 Å². The minimum atomic E-state index is -4.47. The van der Waals surface area contributed by atoms with Gasteiger partial charge in [0.25, 0.3) is 0 Å². The van der Waals surface area contributed by atoms with E-state index in [4.69, 9.17) is 0 Å². The van der Waals surface area contributed by atoms with Crippen LogP contribution >= 0.6 is 0 Å². The molecule has 0 radical (unpaired) electrons. The van der Waals surface area contributed by atoms with Crippen LogP contribution in [-0.4, -0.2) is 37.7 Å². The Kier molecular flexibility index (Phi) is 7.84. The van der Waals surface area contributed by atoms with Crippen molar-refractivity contribution in [1.29, 1.82) is 10.5 Å². The third-order valence-electron chi connectivity index (χ3n) is 8.47. The summed E-state index contributed by atoms with van der Waals surface area (Å²) in [6, 6.07) is 16.6. The molecule has 0 saturated heterocycles. The lowest BCUT2D eigenvalue weighted by Gasteiger charge is -2.24. The van der Waals surface area contributed by atoms with E-state index in [-0.39, 0.29) is 29.5 Å². The van der Waals surface area contributed by atoms with Gasteiger partial charge in [0, 0.05) is 41.8 Å². The predicted octanol–water partition coefficient (Wildman–Crippen LogP) is 7.65. The van der Waals surface area contributed by atoms with E-state index >= 15 is 0 Å². The number of alkyl halides is 3. The van der Waals surface area contributed by atoms with Gasteiger partial charge in [-0.05, 0) is 60.1 Å². The van der Waals surface area contributed by atoms with Crippen LogP contribution in [0.1, 0.15) is 67.6 Å². The molecular formula is C35H32F3N9. The molecule has 9 nitrogen and oxygen atoms in total. The van der Waals surface area contributed by atoms with E-state index in [0.717, 1.165) is 26.9 Å². The minimum absolute atomic E-state index is 0.0678. The van der Waals surface area contributed by atoms with E-state index in [0.29, 0.717) is 34.4 Å². The first-order chi connectivity index (χ1) is 22.3. The summed E-state index contributed by atoms with van der Waals surface area (Å²) in [5.74, 6) is 0. The molecule has 0 spiro atoms. The van der Waals surface area contributed by atoms with Crippen molar-refractivity contribution in [1.82, 2.24) is 25.0 Å². The second-order valence-electron chi connectivity index (χ2n) is 13.1. The van der Waals surface area contributed by atoms with Crippen molar-refractivity contribution >= 4 is 22.3 Å². The van der Waals surface area contributed by atoms with Crippen LogP contribution in [-0.2, 0) is 5.54 Å². The van der Waals surface area contributed by atoms with Crippen molar-refractivity contribution in [2.75, 3.05) is 17.2 Å². The molecule has 3 aromatic heterocycles. The topological polar surface area (TPSA) is 128 Å². The highest BCUT2D eigenvalue weighted by atomic mass is 19.4. The molecular weight excluding hydrogens is 603 g/mol. The van der Waals surface area contributed by atoms with Crippen LogP contribution in [0.3, 0.4) is 0 Å². The van der Waals surface area contributed by atoms with E-state index in [1.807, 2.05) is 37.3 Å². The Labute approximate surface area is 270 Å². The van der Waals surface area contributed by atoms with Gasteiger partial charge in [-0.3, -0.25) is 9.97 Å². The molecule has 0 amide bonds. The fraction of sp³-hybridized carbons (Fsp3) is 0.314. The molecule has 0 bridgehead atoms. The Morgan fingerprint density at radius 3 is 2.43 bits per heavy atom. The summed E-state index contributed by atoms with van der Waals surface area (Å²) in [6.45, 7) is 8.68. The highest BCUT2D eigenvalue weighted by molar-refractivity contribution is 5.99. The van der Waals surface area contributed by atoms with Gasteiger partial charge in [-0.1, -0.05) is 50.3 Å². The summed E-state index contributed by atoms with van der Waals surface area (Å²) in [5.41, 5.74) is 3.55. The molecule has 1 aliphatic carbocycles. The largest absolute Gasteiger partial charge is 0.413 e. The smallest absolute Gasteiger partial charge is 0.383 e. The van der Waals surface area contributed by atoms with Crippen LogP contribution in [0.4, 0.5) is 24.5 Å². The maximum atomic E-state index is 14.1. The van der Waals surface area contributed by atoms with Gasteiger partial charge >= 0.3 is 6.18 Å². The van der Waals surface area contributed by atoms with E-state index in [9.17, 15) is 23.7 Å². The van der Waals surface area contributed by atoms with Gasteiger partial charge in [0.2, 0.25) is 0 Å². The van der Waals surface area contributed by atoms with Crippen molar-refractivity contribution in [3.8, 4) is 23.3 Å². The standard InChI is InChI=1S/C35H32F3N9/c1-21-26(22-7-6-12-41-17-22)8-5-9-27(21)32(29-19-47(46-45-29)34(10-11-34)35(36,37)38)44-25-13-23(15-39)30-28(14-25)31(24(16-40)18-42-30)43-20-33(2,3)4/h5-9,12-14,17-19,32,44H,10-11,20H2,1-4H3,(H,42,43). The van der Waals surface area contributed by atoms with Gasteiger partial charge in [0.05, 0.1) is 34.6 Å². The number of hydrogen-bond donors (Lipinski definition) is 2. The number of rotatable bonds is 8. The molecule has 1 fully saturated rings. The van der Waals surface area contributed by atoms with E-state index in [1.165, 1.54) is 12.4 Å². The van der Waals surface area contributed by atoms with Gasteiger partial charge in [0.15, 0.2) is 5.54 Å². The number of nitrogens with one attached hydrogen (secondary N) is 2. The zero-order chi connectivity index (χ0) is 33.6. The molecule has 1 aliphatic rings. The number of benzene rings is 2. The SMILES string of the molecule is Cc1c(-c2cccnc2)cccc1C(Nc1cc(C#N)c2ncc(C#N)c(NCC(C)(C)C)c2c1)c1cn(C2(C(F)(F)F)CC2)nn1. The number of aromatic nitrogens is 5. The van der Waals surface area contributed by atoms with Crippen LogP contribution in [0.5, 0.6) is 0 Å². The van der Waals surface area contributed by atoms with Crippen molar-refractivity contribution in [3.05, 3.63) is 95.2 Å². The molecule has 238 valence electrons. The molecule has 6 rings (SSSR count). The molecule has 1 unspecified atom stereocenters. The second-order valence-corrected chi connectivity index (χ2v) is 13.1. The number of anilines is 2. The van der Waals surface area contributed by atoms with Gasteiger partial charge in [0.1, 0.15) is 17.8 Å². The Hall–Kier alpha value is -5.49. The van der Waals surface area contributed by atoms with E-state index in [1.54, 1.807) is 24.5 Å². The number of fused-ring (bicyclic) bond motifs is 1. The normalized spacial score (nSPS) is 14.7. The highest BCUT2D eigenvalue weighted by Crippen LogP contribution is 2.55. The van der Waals surface area contributed by atoms with Crippen LogP contribution in [0.2, 0.25) is 0 Å². The second kappa shape index (κ2) is 11.7. The van der Waals surface area contributed by atoms with Crippen LogP contribution < -0.4 is 10.6 Å². The van der Waals surface area contributed by atoms with Gasteiger partial charge in [-0.25, -0.2) is 4.68 Å². The number of pyridine rings is 2. The first-order valence-corrected chi connectivity index (χ1v) is 15.1. The van der Waals surface area contributed by atoms with Crippen molar-refractivity contribution in [3.63, 3.8) is 0 Å². The molecule has 12 heteroatoms. The Bertz CT molecular complexity index is 2040. The number of nitriles is 2. The summed E-state index contributed by atoms with van der Waals surface area (Å²) in [6.07, 6.45) is 1.63. The summed E-state index contributed by atoms with van der Waals surface area (Å²) >= 11 is 0. The number of nitrogens with zero attached hydrogens (tertiary/aromatic N) is 7. The quantitative estimate of drug-likeness (QED) is 0.178. The summed E-state index contributed by atoms with van der Waals surface area (Å²) in [4.78, 5) is 8.68. The molecule has 0 aliphatic heterocycles. The van der Waals surface area contributed by atoms with E-state index in [2.05, 4.69) is 63.8 Å². The predicted molar refractivity (Wildman–Crippen MR) is 172 cm³/mol. The summed E-state index contributed by atoms with van der Waals surface area (Å²) in [7, 11) is 0. The fourth-order valence-electron chi connectivity index (χ4n) is 5.76. The van der Waals surface area contributed by atoms with Crippen molar-refractivity contribution in [2.24, 2.45) is 5.41 Å². The zero-order valence-corrected chi connectivity index (χ0v) is 26.3. The van der Waals surface area contributed by atoms with Gasteiger partial charge < -0.3 is 10.6 Å². The molecule has 3 heterocycles. The summed E-state index contributed by atoms with van der Waals surface area (Å²) in [5, 5.41) is 35.7. The lowest BCUT2D eigenvalue weighted by Crippen LogP contribution is -2.35. The third-order valence-corrected chi connectivity index (χ3v) is 8.47. The first-order valence-electron chi connectivity index (χ1n) is 15.1. The third kappa shape index (κ3) is 5.95. The van der Waals surface area contributed by atoms with Crippen LogP contribution in [0.15, 0.2) is 67.3 Å². The van der Waals surface area contributed by atoms with Crippen molar-refractivity contribution in [2.45, 2.75) is 58.3 Å². The van der Waals surface area contributed by atoms with Crippen LogP contribution in [0.25, 0.3) is 22.0 Å². The molecule has 5 aromatic rings. The average Bonchev–Trinajstić information content (AvgIpc) is 3.73. The minimum Gasteiger partial charge on any atom is -0.383 e. The fourth-order valence-corrected chi connectivity index (χ4v) is 5.76. The number of hydrogen-bond acceptors (Lipinski definition) is 8. The van der Waals surface area contributed by atoms with Crippen molar-refractivity contribution < 1.29 is 13.2 Å². The average molecular weight is 636 g/mol. The zero-order valence-electron chi connectivity index (χ0n) is 26.3. The molecule has 1 atom stereocenters. The Balaban J connectivity index is 1.51. The molecule has 2 aromatic carbocycles. The molecule has 2 N–H and O–H groups in total. The maximum absolute atomic E-state index is 14.1. The Morgan fingerprint density at radius 2 is 1.79 bits per heavy atom. The Morgan fingerprint density at radius 1 is 1.02 bits per heavy atom. The molecule has 47 heavy (non-hydrogen) atoms. The van der Waals surface area contributed by atoms with Gasteiger partial charge in [-0.15, -0.1) is 5.10 Å². The number of halogens is 3. The lowest BCUT2D eigenvalue weighted by atomic mass is 9.92. The van der Waals surface area contributed by atoms with E-state index < -0.39 is 17.8 Å². The molecule has 1 saturated carbocycles. The lowest BCUT2D eigenvalue weighted by molar-refractivity contribution is -0.182. The first kappa shape index (κ1) is 31.5.